The molecule has 0 fully saturated rings. The third kappa shape index (κ3) is 4.74. The van der Waals surface area contributed by atoms with Crippen LogP contribution in [0.1, 0.15) is 36.7 Å². The van der Waals surface area contributed by atoms with Gasteiger partial charge in [0, 0.05) is 16.8 Å². The first-order chi connectivity index (χ1) is 11.6. The van der Waals surface area contributed by atoms with Crippen molar-refractivity contribution in [1.82, 2.24) is 0 Å². The lowest BCUT2D eigenvalue weighted by molar-refractivity contribution is -0.123. The second kappa shape index (κ2) is 7.46. The van der Waals surface area contributed by atoms with Crippen LogP contribution in [-0.2, 0) is 4.79 Å². The van der Waals surface area contributed by atoms with Crippen LogP contribution in [0.15, 0.2) is 36.4 Å². The van der Waals surface area contributed by atoms with Crippen LogP contribution in [0.2, 0.25) is 10.0 Å². The Morgan fingerprint density at radius 1 is 1.00 bits per heavy atom. The largest absolute Gasteiger partial charge is 0.326 e. The number of benzene rings is 2. The monoisotopic (exact) mass is 378 g/mol. The van der Waals surface area contributed by atoms with Gasteiger partial charge in [-0.15, -0.1) is 0 Å². The van der Waals surface area contributed by atoms with E-state index in [1.54, 1.807) is 30.3 Å². The molecule has 6 heteroatoms. The van der Waals surface area contributed by atoms with E-state index >= 15 is 0 Å². The highest BCUT2D eigenvalue weighted by Crippen LogP contribution is 2.28. The molecule has 0 aliphatic heterocycles. The Kier molecular flexibility index (Phi) is 5.76. The van der Waals surface area contributed by atoms with Crippen LogP contribution in [0.25, 0.3) is 0 Å². The zero-order chi connectivity index (χ0) is 18.8. The van der Waals surface area contributed by atoms with Gasteiger partial charge < -0.3 is 10.6 Å². The molecule has 2 rings (SSSR count). The molecule has 0 radical (unpaired) electrons. The normalized spacial score (nSPS) is 11.1. The second-order valence-electron chi connectivity index (χ2n) is 6.79. The molecule has 0 aromatic heterocycles. The van der Waals surface area contributed by atoms with E-state index in [1.165, 1.54) is 0 Å². The number of hydrogen-bond donors (Lipinski definition) is 2. The molecule has 0 spiro atoms. The summed E-state index contributed by atoms with van der Waals surface area (Å²) in [5.74, 6) is -0.471. The predicted molar refractivity (Wildman–Crippen MR) is 104 cm³/mol. The van der Waals surface area contributed by atoms with E-state index in [9.17, 15) is 9.59 Å². The highest BCUT2D eigenvalue weighted by molar-refractivity contribution is 6.44. The first kappa shape index (κ1) is 19.3. The van der Waals surface area contributed by atoms with Crippen LogP contribution >= 0.6 is 23.2 Å². The lowest BCUT2D eigenvalue weighted by Crippen LogP contribution is -2.27. The molecule has 0 heterocycles. The lowest BCUT2D eigenvalue weighted by atomic mass is 9.95. The maximum Gasteiger partial charge on any atom is 0.257 e. The van der Waals surface area contributed by atoms with E-state index in [4.69, 9.17) is 23.2 Å². The number of carbonyl (C=O) groups is 2. The fourth-order valence-electron chi connectivity index (χ4n) is 2.02. The van der Waals surface area contributed by atoms with Crippen molar-refractivity contribution in [3.63, 3.8) is 0 Å². The average molecular weight is 379 g/mol. The van der Waals surface area contributed by atoms with E-state index in [0.29, 0.717) is 16.4 Å². The van der Waals surface area contributed by atoms with E-state index in [0.717, 1.165) is 5.56 Å². The summed E-state index contributed by atoms with van der Waals surface area (Å²) in [6.45, 7) is 7.37. The quantitative estimate of drug-likeness (QED) is 0.736. The summed E-state index contributed by atoms with van der Waals surface area (Å²) in [7, 11) is 0. The number of carbonyl (C=O) groups excluding carboxylic acids is 2. The summed E-state index contributed by atoms with van der Waals surface area (Å²) < 4.78 is 0. The standard InChI is InChI=1S/C19H20Cl2N2O2/c1-11-8-9-12(22-18(25)19(2,3)4)10-15(11)23-17(24)13-6-5-7-14(20)16(13)21/h5-10H,1-4H3,(H,22,25)(H,23,24). The summed E-state index contributed by atoms with van der Waals surface area (Å²) in [5, 5.41) is 6.18. The predicted octanol–water partition coefficient (Wildman–Crippen LogP) is 5.54. The summed E-state index contributed by atoms with van der Waals surface area (Å²) in [5.41, 5.74) is 1.84. The molecule has 2 aromatic rings. The van der Waals surface area contributed by atoms with Gasteiger partial charge in [-0.1, -0.05) is 56.1 Å². The Balaban J connectivity index is 2.25. The van der Waals surface area contributed by atoms with Gasteiger partial charge in [-0.3, -0.25) is 9.59 Å². The number of nitrogens with one attached hydrogen (secondary N) is 2. The topological polar surface area (TPSA) is 58.2 Å². The number of rotatable bonds is 3. The zero-order valence-electron chi connectivity index (χ0n) is 14.5. The Labute approximate surface area is 157 Å². The number of halogens is 2. The molecule has 2 amide bonds. The number of anilines is 2. The smallest absolute Gasteiger partial charge is 0.257 e. The molecule has 0 aliphatic rings. The molecule has 2 aromatic carbocycles. The molecule has 0 bridgehead atoms. The second-order valence-corrected chi connectivity index (χ2v) is 7.57. The molecular formula is C19H20Cl2N2O2. The van der Waals surface area contributed by atoms with Crippen molar-refractivity contribution in [3.05, 3.63) is 57.6 Å². The molecule has 4 nitrogen and oxygen atoms in total. The van der Waals surface area contributed by atoms with Gasteiger partial charge in [-0.2, -0.15) is 0 Å². The first-order valence-electron chi connectivity index (χ1n) is 7.77. The molecule has 0 saturated heterocycles. The van der Waals surface area contributed by atoms with Crippen molar-refractivity contribution in [2.45, 2.75) is 27.7 Å². The first-order valence-corrected chi connectivity index (χ1v) is 8.52. The van der Waals surface area contributed by atoms with Gasteiger partial charge in [-0.25, -0.2) is 0 Å². The molecule has 0 unspecified atom stereocenters. The molecule has 0 saturated carbocycles. The van der Waals surface area contributed by atoms with Gasteiger partial charge >= 0.3 is 0 Å². The summed E-state index contributed by atoms with van der Waals surface area (Å²) in [6, 6.07) is 10.2. The average Bonchev–Trinajstić information content (AvgIpc) is 2.52. The molecule has 132 valence electrons. The fourth-order valence-corrected chi connectivity index (χ4v) is 2.41. The SMILES string of the molecule is Cc1ccc(NC(=O)C(C)(C)C)cc1NC(=O)c1cccc(Cl)c1Cl. The van der Waals surface area contributed by atoms with Crippen LogP contribution in [-0.4, -0.2) is 11.8 Å². The van der Waals surface area contributed by atoms with Crippen molar-refractivity contribution < 1.29 is 9.59 Å². The molecule has 0 atom stereocenters. The van der Waals surface area contributed by atoms with Crippen LogP contribution in [0.4, 0.5) is 11.4 Å². The Hall–Kier alpha value is -2.04. The van der Waals surface area contributed by atoms with Gasteiger partial charge in [0.25, 0.3) is 5.91 Å². The van der Waals surface area contributed by atoms with Crippen molar-refractivity contribution in [3.8, 4) is 0 Å². The van der Waals surface area contributed by atoms with Crippen LogP contribution < -0.4 is 10.6 Å². The van der Waals surface area contributed by atoms with Crippen molar-refractivity contribution in [2.24, 2.45) is 5.41 Å². The van der Waals surface area contributed by atoms with Gasteiger partial charge in [0.2, 0.25) is 5.91 Å². The number of amides is 2. The Morgan fingerprint density at radius 3 is 2.32 bits per heavy atom. The molecule has 2 N–H and O–H groups in total. The minimum absolute atomic E-state index is 0.105. The van der Waals surface area contributed by atoms with Gasteiger partial charge in [0.1, 0.15) is 0 Å². The van der Waals surface area contributed by atoms with E-state index in [1.807, 2.05) is 33.8 Å². The van der Waals surface area contributed by atoms with Crippen molar-refractivity contribution >= 4 is 46.4 Å². The third-order valence-electron chi connectivity index (χ3n) is 3.62. The molecule has 0 aliphatic carbocycles. The van der Waals surface area contributed by atoms with Crippen LogP contribution in [0.5, 0.6) is 0 Å². The minimum Gasteiger partial charge on any atom is -0.326 e. The summed E-state index contributed by atoms with van der Waals surface area (Å²) >= 11 is 12.1. The lowest BCUT2D eigenvalue weighted by Gasteiger charge is -2.18. The van der Waals surface area contributed by atoms with Gasteiger partial charge in [0.05, 0.1) is 15.6 Å². The van der Waals surface area contributed by atoms with E-state index < -0.39 is 5.41 Å². The summed E-state index contributed by atoms with van der Waals surface area (Å²) in [4.78, 5) is 24.6. The maximum atomic E-state index is 12.5. The highest BCUT2D eigenvalue weighted by Gasteiger charge is 2.21. The number of hydrogen-bond acceptors (Lipinski definition) is 2. The highest BCUT2D eigenvalue weighted by atomic mass is 35.5. The molecule has 25 heavy (non-hydrogen) atoms. The zero-order valence-corrected chi connectivity index (χ0v) is 16.0. The Morgan fingerprint density at radius 2 is 1.68 bits per heavy atom. The van der Waals surface area contributed by atoms with Gasteiger partial charge in [0.15, 0.2) is 0 Å². The fraction of sp³-hybridized carbons (Fsp3) is 0.263. The van der Waals surface area contributed by atoms with E-state index in [-0.39, 0.29) is 22.4 Å². The number of aryl methyl sites for hydroxylation is 1. The Bertz CT molecular complexity index is 827. The maximum absolute atomic E-state index is 12.5. The third-order valence-corrected chi connectivity index (χ3v) is 4.44. The van der Waals surface area contributed by atoms with Gasteiger partial charge in [-0.05, 0) is 36.8 Å². The summed E-state index contributed by atoms with van der Waals surface area (Å²) in [6.07, 6.45) is 0. The minimum atomic E-state index is -0.511. The van der Waals surface area contributed by atoms with Crippen molar-refractivity contribution in [2.75, 3.05) is 10.6 Å². The van der Waals surface area contributed by atoms with Crippen molar-refractivity contribution in [1.29, 1.82) is 0 Å². The van der Waals surface area contributed by atoms with E-state index in [2.05, 4.69) is 10.6 Å². The van der Waals surface area contributed by atoms with Crippen LogP contribution in [0.3, 0.4) is 0 Å². The molecular weight excluding hydrogens is 359 g/mol. The van der Waals surface area contributed by atoms with Crippen LogP contribution in [0, 0.1) is 12.3 Å².